The largest absolute Gasteiger partial charge is 0.379 e. The number of pyridine rings is 1. The maximum atomic E-state index is 11.1. The van der Waals surface area contributed by atoms with Crippen LogP contribution in [0.5, 0.6) is 0 Å². The molecule has 0 spiro atoms. The number of sulfone groups is 1. The van der Waals surface area contributed by atoms with Gasteiger partial charge < -0.3 is 9.30 Å². The Morgan fingerprint density at radius 1 is 1.17 bits per heavy atom. The van der Waals surface area contributed by atoms with Crippen molar-refractivity contribution in [3.05, 3.63) is 36.3 Å². The zero-order chi connectivity index (χ0) is 16.4. The summed E-state index contributed by atoms with van der Waals surface area (Å²) in [6.07, 6.45) is 2.99. The number of benzene rings is 1. The SMILES string of the molecule is Cc1nc2cnc3ccccc3c2n1CCOCCS(C)(=O)=O. The summed E-state index contributed by atoms with van der Waals surface area (Å²) in [6, 6.07) is 7.96. The van der Waals surface area contributed by atoms with Crippen LogP contribution in [-0.4, -0.2) is 48.2 Å². The molecule has 0 saturated heterocycles. The highest BCUT2D eigenvalue weighted by atomic mass is 32.2. The maximum Gasteiger partial charge on any atom is 0.149 e. The van der Waals surface area contributed by atoms with Gasteiger partial charge in [-0.3, -0.25) is 4.98 Å². The number of rotatable bonds is 6. The molecule has 0 amide bonds. The molecule has 3 aromatic rings. The van der Waals surface area contributed by atoms with Crippen molar-refractivity contribution in [1.29, 1.82) is 0 Å². The molecule has 0 unspecified atom stereocenters. The Hall–Kier alpha value is -1.99. The second kappa shape index (κ2) is 6.25. The summed E-state index contributed by atoms with van der Waals surface area (Å²) in [4.78, 5) is 8.98. The van der Waals surface area contributed by atoms with E-state index < -0.39 is 9.84 Å². The van der Waals surface area contributed by atoms with Crippen LogP contribution in [0.15, 0.2) is 30.5 Å². The van der Waals surface area contributed by atoms with E-state index in [9.17, 15) is 8.42 Å². The molecule has 6 nitrogen and oxygen atoms in total. The predicted molar refractivity (Wildman–Crippen MR) is 90.3 cm³/mol. The summed E-state index contributed by atoms with van der Waals surface area (Å²) < 4.78 is 29.7. The highest BCUT2D eigenvalue weighted by Gasteiger charge is 2.11. The third-order valence-electron chi connectivity index (χ3n) is 3.73. The average molecular weight is 333 g/mol. The number of hydrogen-bond donors (Lipinski definition) is 0. The van der Waals surface area contributed by atoms with E-state index in [4.69, 9.17) is 4.74 Å². The summed E-state index contributed by atoms with van der Waals surface area (Å²) >= 11 is 0. The standard InChI is InChI=1S/C16H19N3O3S/c1-12-18-15-11-17-14-6-4-3-5-13(14)16(15)19(12)7-8-22-9-10-23(2,20)21/h3-6,11H,7-10H2,1-2H3. The van der Waals surface area contributed by atoms with E-state index in [1.807, 2.05) is 31.2 Å². The van der Waals surface area contributed by atoms with Crippen molar-refractivity contribution in [2.75, 3.05) is 25.2 Å². The molecule has 0 N–H and O–H groups in total. The second-order valence-corrected chi connectivity index (χ2v) is 7.82. The van der Waals surface area contributed by atoms with Crippen LogP contribution in [0.4, 0.5) is 0 Å². The molecular formula is C16H19N3O3S. The third-order valence-corrected chi connectivity index (χ3v) is 4.64. The summed E-state index contributed by atoms with van der Waals surface area (Å²) in [5.41, 5.74) is 2.83. The van der Waals surface area contributed by atoms with Crippen LogP contribution >= 0.6 is 0 Å². The van der Waals surface area contributed by atoms with Crippen LogP contribution in [0.3, 0.4) is 0 Å². The highest BCUT2D eigenvalue weighted by molar-refractivity contribution is 7.90. The molecule has 122 valence electrons. The van der Waals surface area contributed by atoms with Crippen LogP contribution in [0, 0.1) is 6.92 Å². The van der Waals surface area contributed by atoms with Gasteiger partial charge in [0, 0.05) is 18.2 Å². The quantitative estimate of drug-likeness (QED) is 0.645. The second-order valence-electron chi connectivity index (χ2n) is 5.56. The van der Waals surface area contributed by atoms with Gasteiger partial charge in [-0.2, -0.15) is 0 Å². The van der Waals surface area contributed by atoms with Gasteiger partial charge in [0.15, 0.2) is 0 Å². The van der Waals surface area contributed by atoms with E-state index in [0.717, 1.165) is 27.8 Å². The Bertz CT molecular complexity index is 948. The molecule has 1 aromatic carbocycles. The van der Waals surface area contributed by atoms with Crippen molar-refractivity contribution >= 4 is 31.8 Å². The molecule has 0 saturated carbocycles. The number of fused-ring (bicyclic) bond motifs is 3. The Morgan fingerprint density at radius 2 is 1.96 bits per heavy atom. The first-order valence-corrected chi connectivity index (χ1v) is 9.48. The van der Waals surface area contributed by atoms with Crippen LogP contribution in [0.1, 0.15) is 5.82 Å². The predicted octanol–water partition coefficient (Wildman–Crippen LogP) is 1.95. The lowest BCUT2D eigenvalue weighted by molar-refractivity contribution is 0.141. The lowest BCUT2D eigenvalue weighted by Crippen LogP contribution is -2.13. The van der Waals surface area contributed by atoms with Crippen molar-refractivity contribution in [3.63, 3.8) is 0 Å². The minimum atomic E-state index is -2.98. The van der Waals surface area contributed by atoms with Crippen molar-refractivity contribution in [2.45, 2.75) is 13.5 Å². The number of para-hydroxylation sites is 1. The maximum absolute atomic E-state index is 11.1. The minimum Gasteiger partial charge on any atom is -0.379 e. The molecule has 0 aliphatic carbocycles. The smallest absolute Gasteiger partial charge is 0.149 e. The van der Waals surface area contributed by atoms with Crippen molar-refractivity contribution in [2.24, 2.45) is 0 Å². The number of aryl methyl sites for hydroxylation is 1. The van der Waals surface area contributed by atoms with Gasteiger partial charge in [-0.25, -0.2) is 13.4 Å². The van der Waals surface area contributed by atoms with Gasteiger partial charge in [0.1, 0.15) is 21.2 Å². The van der Waals surface area contributed by atoms with Gasteiger partial charge in [-0.15, -0.1) is 0 Å². The van der Waals surface area contributed by atoms with E-state index in [2.05, 4.69) is 14.5 Å². The van der Waals surface area contributed by atoms with E-state index in [1.165, 1.54) is 6.26 Å². The molecule has 0 radical (unpaired) electrons. The average Bonchev–Trinajstić information content (AvgIpc) is 2.82. The van der Waals surface area contributed by atoms with Crippen molar-refractivity contribution in [1.82, 2.24) is 14.5 Å². The van der Waals surface area contributed by atoms with Crippen LogP contribution in [-0.2, 0) is 21.1 Å². The number of ether oxygens (including phenoxy) is 1. The number of hydrogen-bond acceptors (Lipinski definition) is 5. The fraction of sp³-hybridized carbons (Fsp3) is 0.375. The molecule has 2 aromatic heterocycles. The van der Waals surface area contributed by atoms with Gasteiger partial charge in [-0.05, 0) is 13.0 Å². The lowest BCUT2D eigenvalue weighted by atomic mass is 10.2. The monoisotopic (exact) mass is 333 g/mol. The van der Waals surface area contributed by atoms with Crippen LogP contribution < -0.4 is 0 Å². The summed E-state index contributed by atoms with van der Waals surface area (Å²) in [5.74, 6) is 0.939. The fourth-order valence-corrected chi connectivity index (χ4v) is 3.04. The number of aromatic nitrogens is 3. The molecule has 0 atom stereocenters. The third kappa shape index (κ3) is 3.51. The molecular weight excluding hydrogens is 314 g/mol. The van der Waals surface area contributed by atoms with E-state index in [0.29, 0.717) is 13.2 Å². The number of nitrogens with zero attached hydrogens (tertiary/aromatic N) is 3. The molecule has 0 aliphatic rings. The number of imidazole rings is 1. The van der Waals surface area contributed by atoms with E-state index >= 15 is 0 Å². The molecule has 2 heterocycles. The zero-order valence-electron chi connectivity index (χ0n) is 13.2. The first kappa shape index (κ1) is 15.9. The topological polar surface area (TPSA) is 74.1 Å². The summed E-state index contributed by atoms with van der Waals surface area (Å²) in [6.45, 7) is 3.23. The zero-order valence-corrected chi connectivity index (χ0v) is 14.0. The highest BCUT2D eigenvalue weighted by Crippen LogP contribution is 2.24. The Labute approximate surface area is 135 Å². The van der Waals surface area contributed by atoms with E-state index in [-0.39, 0.29) is 12.4 Å². The summed E-state index contributed by atoms with van der Waals surface area (Å²) in [5, 5.41) is 1.06. The normalized spacial score (nSPS) is 12.3. The van der Waals surface area contributed by atoms with Gasteiger partial charge in [0.25, 0.3) is 0 Å². The Kier molecular flexibility index (Phi) is 4.32. The molecule has 0 aliphatic heterocycles. The lowest BCUT2D eigenvalue weighted by Gasteiger charge is -2.09. The van der Waals surface area contributed by atoms with Crippen molar-refractivity contribution < 1.29 is 13.2 Å². The van der Waals surface area contributed by atoms with Gasteiger partial charge >= 0.3 is 0 Å². The van der Waals surface area contributed by atoms with Crippen molar-refractivity contribution in [3.8, 4) is 0 Å². The van der Waals surface area contributed by atoms with Crippen LogP contribution in [0.2, 0.25) is 0 Å². The van der Waals surface area contributed by atoms with Gasteiger partial charge in [0.2, 0.25) is 0 Å². The Morgan fingerprint density at radius 3 is 2.74 bits per heavy atom. The molecule has 3 rings (SSSR count). The molecule has 23 heavy (non-hydrogen) atoms. The first-order valence-electron chi connectivity index (χ1n) is 7.42. The minimum absolute atomic E-state index is 0.0451. The summed E-state index contributed by atoms with van der Waals surface area (Å²) in [7, 11) is -2.98. The molecule has 0 fully saturated rings. The van der Waals surface area contributed by atoms with Gasteiger partial charge in [0.05, 0.1) is 36.2 Å². The van der Waals surface area contributed by atoms with Gasteiger partial charge in [-0.1, -0.05) is 18.2 Å². The Balaban J connectivity index is 1.83. The first-order chi connectivity index (χ1) is 11.0. The fourth-order valence-electron chi connectivity index (χ4n) is 2.62. The molecule has 0 bridgehead atoms. The van der Waals surface area contributed by atoms with Crippen LogP contribution in [0.25, 0.3) is 21.9 Å². The molecule has 7 heteroatoms. The van der Waals surface area contributed by atoms with E-state index in [1.54, 1.807) is 6.20 Å².